The van der Waals surface area contributed by atoms with Crippen molar-refractivity contribution in [2.24, 2.45) is 0 Å². The molecule has 1 aliphatic rings. The van der Waals surface area contributed by atoms with Gasteiger partial charge in [0.25, 0.3) is 11.8 Å². The van der Waals surface area contributed by atoms with E-state index in [1.165, 1.54) is 19.2 Å². The summed E-state index contributed by atoms with van der Waals surface area (Å²) in [6.45, 7) is 2.18. The van der Waals surface area contributed by atoms with Crippen molar-refractivity contribution in [3.05, 3.63) is 62.1 Å². The van der Waals surface area contributed by atoms with Crippen LogP contribution < -0.4 is 4.90 Å². The van der Waals surface area contributed by atoms with Crippen LogP contribution in [-0.2, 0) is 30.3 Å². The van der Waals surface area contributed by atoms with Gasteiger partial charge in [-0.25, -0.2) is 9.69 Å². The minimum Gasteiger partial charge on any atom is -0.469 e. The third kappa shape index (κ3) is 6.20. The molecule has 1 aromatic carbocycles. The Morgan fingerprint density at radius 1 is 1.06 bits per heavy atom. The van der Waals surface area contributed by atoms with Gasteiger partial charge in [-0.3, -0.25) is 14.4 Å². The molecule has 1 heterocycles. The van der Waals surface area contributed by atoms with Crippen LogP contribution in [0.25, 0.3) is 0 Å². The van der Waals surface area contributed by atoms with Crippen LogP contribution >= 0.6 is 22.9 Å². The van der Waals surface area contributed by atoms with Crippen molar-refractivity contribution in [2.75, 3.05) is 18.6 Å². The normalized spacial score (nSPS) is 13.3. The van der Waals surface area contributed by atoms with Gasteiger partial charge in [0.2, 0.25) is 5.13 Å². The van der Waals surface area contributed by atoms with Gasteiger partial charge in [0.05, 0.1) is 25.2 Å². The maximum atomic E-state index is 15.3. The number of anilines is 1. The number of methoxy groups -OCH3 is 1. The highest BCUT2D eigenvalue weighted by molar-refractivity contribution is 7.11. The number of imide groups is 1. The fourth-order valence-electron chi connectivity index (χ4n) is 3.83. The fraction of sp³-hybridized carbons (Fsp3) is 0.385. The molecule has 0 radical (unpaired) electrons. The van der Waals surface area contributed by atoms with Gasteiger partial charge >= 0.3 is 11.9 Å². The molecule has 0 saturated carbocycles. The number of benzene rings is 1. The average molecular weight is 536 g/mol. The highest BCUT2D eigenvalue weighted by Gasteiger charge is 2.37. The molecule has 1 aromatic heterocycles. The van der Waals surface area contributed by atoms with E-state index >= 15 is 4.39 Å². The zero-order chi connectivity index (χ0) is 26.2. The zero-order valence-electron chi connectivity index (χ0n) is 20.1. The van der Waals surface area contributed by atoms with Crippen LogP contribution in [0.15, 0.2) is 41.5 Å². The molecule has 0 bridgehead atoms. The summed E-state index contributed by atoms with van der Waals surface area (Å²) in [4.78, 5) is 52.8. The van der Waals surface area contributed by atoms with Crippen LogP contribution in [0.2, 0.25) is 5.02 Å². The molecule has 36 heavy (non-hydrogen) atoms. The average Bonchev–Trinajstić information content (AvgIpc) is 3.16. The summed E-state index contributed by atoms with van der Waals surface area (Å²) in [5, 5.41) is -1.14. The molecule has 2 aromatic rings. The summed E-state index contributed by atoms with van der Waals surface area (Å²) >= 11 is 6.99. The molecule has 3 rings (SSSR count). The van der Waals surface area contributed by atoms with Crippen molar-refractivity contribution in [1.29, 1.82) is 0 Å². The standard InChI is InChI=1S/C26H27ClFNO6S/c1-3-4-14-35-26(33)18-13-9-8-12-17(18)25(32)29(24(31)16-10-6-5-7-11-16)22-21(27)19(36-23(22)28)15-20(30)34-2/h5-7,10-11H,3-4,8-9,12-15H2,1-2H3. The first-order valence-corrected chi connectivity index (χ1v) is 12.9. The Bertz CT molecular complexity index is 1180. The lowest BCUT2D eigenvalue weighted by molar-refractivity contribution is -0.140. The summed E-state index contributed by atoms with van der Waals surface area (Å²) < 4.78 is 25.2. The van der Waals surface area contributed by atoms with E-state index in [0.717, 1.165) is 6.42 Å². The number of hydrogen-bond donors (Lipinski definition) is 0. The van der Waals surface area contributed by atoms with E-state index in [4.69, 9.17) is 16.3 Å². The van der Waals surface area contributed by atoms with Gasteiger partial charge in [-0.1, -0.05) is 43.1 Å². The first kappa shape index (κ1) is 27.5. The number of carbonyl (C=O) groups is 4. The van der Waals surface area contributed by atoms with Crippen molar-refractivity contribution in [1.82, 2.24) is 0 Å². The molecule has 0 atom stereocenters. The molecule has 0 saturated heterocycles. The van der Waals surface area contributed by atoms with Crippen LogP contribution in [-0.4, -0.2) is 37.5 Å². The van der Waals surface area contributed by atoms with Gasteiger partial charge < -0.3 is 9.47 Å². The van der Waals surface area contributed by atoms with Crippen molar-refractivity contribution in [3.63, 3.8) is 0 Å². The molecule has 0 fully saturated rings. The Kier molecular flexibility index (Phi) is 9.78. The van der Waals surface area contributed by atoms with Crippen molar-refractivity contribution >= 4 is 52.4 Å². The van der Waals surface area contributed by atoms with Crippen LogP contribution in [0.3, 0.4) is 0 Å². The molecule has 0 unspecified atom stereocenters. The minimum absolute atomic E-state index is 0.100. The molecular formula is C26H27ClFNO6S. The monoisotopic (exact) mass is 535 g/mol. The van der Waals surface area contributed by atoms with Crippen molar-refractivity contribution in [2.45, 2.75) is 51.9 Å². The lowest BCUT2D eigenvalue weighted by Crippen LogP contribution is -2.40. The van der Waals surface area contributed by atoms with E-state index < -0.39 is 34.6 Å². The zero-order valence-corrected chi connectivity index (χ0v) is 21.7. The second kappa shape index (κ2) is 12.8. The Morgan fingerprint density at radius 3 is 2.36 bits per heavy atom. The predicted molar refractivity (Wildman–Crippen MR) is 135 cm³/mol. The lowest BCUT2D eigenvalue weighted by atomic mass is 9.90. The van der Waals surface area contributed by atoms with Crippen LogP contribution in [0.5, 0.6) is 0 Å². The van der Waals surface area contributed by atoms with E-state index in [9.17, 15) is 19.2 Å². The number of ether oxygens (including phenoxy) is 2. The summed E-state index contributed by atoms with van der Waals surface area (Å²) in [6, 6.07) is 7.90. The highest BCUT2D eigenvalue weighted by atomic mass is 35.5. The Labute approximate surface area is 217 Å². The van der Waals surface area contributed by atoms with E-state index in [2.05, 4.69) is 4.74 Å². The second-order valence-electron chi connectivity index (χ2n) is 8.18. The largest absolute Gasteiger partial charge is 0.469 e. The molecule has 2 amide bonds. The lowest BCUT2D eigenvalue weighted by Gasteiger charge is -2.25. The van der Waals surface area contributed by atoms with Crippen molar-refractivity contribution in [3.8, 4) is 0 Å². The molecular weight excluding hydrogens is 509 g/mol. The topological polar surface area (TPSA) is 90.0 Å². The number of unbranched alkanes of at least 4 members (excludes halogenated alkanes) is 1. The highest BCUT2D eigenvalue weighted by Crippen LogP contribution is 2.41. The summed E-state index contributed by atoms with van der Waals surface area (Å²) in [6.07, 6.45) is 3.03. The van der Waals surface area contributed by atoms with Gasteiger partial charge in [-0.15, -0.1) is 11.3 Å². The fourth-order valence-corrected chi connectivity index (χ4v) is 5.11. The molecule has 1 aliphatic carbocycles. The smallest absolute Gasteiger partial charge is 0.334 e. The predicted octanol–water partition coefficient (Wildman–Crippen LogP) is 5.64. The molecule has 10 heteroatoms. The summed E-state index contributed by atoms with van der Waals surface area (Å²) in [7, 11) is 1.19. The Hall–Kier alpha value is -3.04. The number of carbonyl (C=O) groups excluding carboxylic acids is 4. The van der Waals surface area contributed by atoms with Gasteiger partial charge in [-0.2, -0.15) is 4.39 Å². The van der Waals surface area contributed by atoms with Crippen LogP contribution in [0.4, 0.5) is 10.1 Å². The van der Waals surface area contributed by atoms with E-state index in [1.54, 1.807) is 18.2 Å². The summed E-state index contributed by atoms with van der Waals surface area (Å²) in [5.74, 6) is -2.90. The van der Waals surface area contributed by atoms with Crippen LogP contribution in [0.1, 0.15) is 60.7 Å². The van der Waals surface area contributed by atoms with E-state index in [-0.39, 0.29) is 46.1 Å². The SMILES string of the molecule is CCCCOC(=O)C1=C(C(=O)N(C(=O)c2ccccc2)c2c(F)sc(CC(=O)OC)c2Cl)CCCC1. The summed E-state index contributed by atoms with van der Waals surface area (Å²) in [5.41, 5.74) is -0.0281. The maximum absolute atomic E-state index is 15.3. The third-order valence-corrected chi connectivity index (χ3v) is 7.22. The molecule has 7 nitrogen and oxygen atoms in total. The van der Waals surface area contributed by atoms with Crippen molar-refractivity contribution < 1.29 is 33.0 Å². The number of rotatable bonds is 9. The van der Waals surface area contributed by atoms with Crippen LogP contribution in [0, 0.1) is 5.13 Å². The van der Waals surface area contributed by atoms with Gasteiger partial charge in [0.1, 0.15) is 5.69 Å². The first-order chi connectivity index (χ1) is 17.3. The third-order valence-electron chi connectivity index (χ3n) is 5.74. The first-order valence-electron chi connectivity index (χ1n) is 11.7. The molecule has 0 N–H and O–H groups in total. The molecule has 0 aliphatic heterocycles. The number of hydrogen-bond acceptors (Lipinski definition) is 7. The Balaban J connectivity index is 2.11. The van der Waals surface area contributed by atoms with E-state index in [1.807, 2.05) is 6.92 Å². The molecule has 0 spiro atoms. The second-order valence-corrected chi connectivity index (χ2v) is 9.61. The van der Waals surface area contributed by atoms with Gasteiger partial charge in [0.15, 0.2) is 0 Å². The van der Waals surface area contributed by atoms with Gasteiger partial charge in [-0.05, 0) is 44.2 Å². The maximum Gasteiger partial charge on any atom is 0.334 e. The number of nitrogens with zero attached hydrogens (tertiary/aromatic N) is 1. The number of esters is 2. The Morgan fingerprint density at radius 2 is 1.72 bits per heavy atom. The van der Waals surface area contributed by atoms with E-state index in [0.29, 0.717) is 41.9 Å². The number of halogens is 2. The minimum atomic E-state index is -0.903. The number of thiophene rings is 1. The number of amides is 2. The quantitative estimate of drug-likeness (QED) is 0.234. The van der Waals surface area contributed by atoms with Gasteiger partial charge in [0, 0.05) is 21.6 Å². The molecule has 192 valence electrons.